The van der Waals surface area contributed by atoms with Gasteiger partial charge in [0.1, 0.15) is 5.76 Å². The molecule has 1 aromatic carbocycles. The summed E-state index contributed by atoms with van der Waals surface area (Å²) in [5, 5.41) is 4.78. The van der Waals surface area contributed by atoms with E-state index in [1.54, 1.807) is 23.5 Å². The first-order valence-corrected chi connectivity index (χ1v) is 10.3. The molecule has 25 heavy (non-hydrogen) atoms. The zero-order valence-electron chi connectivity index (χ0n) is 13.9. The lowest BCUT2D eigenvalue weighted by molar-refractivity contribution is 0.0922. The summed E-state index contributed by atoms with van der Waals surface area (Å²) in [6.45, 7) is 2.50. The molecule has 1 amide bonds. The third-order valence-electron chi connectivity index (χ3n) is 3.64. The summed E-state index contributed by atoms with van der Waals surface area (Å²) >= 11 is 1.59. The number of amides is 1. The average Bonchev–Trinajstić information content (AvgIpc) is 3.26. The van der Waals surface area contributed by atoms with Gasteiger partial charge in [-0.3, -0.25) is 9.00 Å². The molecule has 0 bridgehead atoms. The van der Waals surface area contributed by atoms with Crippen molar-refractivity contribution in [3.05, 3.63) is 81.4 Å². The van der Waals surface area contributed by atoms with E-state index < -0.39 is 10.8 Å². The SMILES string of the molecule is Cc1ccc(C[S@](=O)Cc2ccc(C(=O)NCc3cccs3)o2)cc1. The second-order valence-corrected chi connectivity index (χ2v) is 8.23. The van der Waals surface area contributed by atoms with E-state index >= 15 is 0 Å². The Morgan fingerprint density at radius 2 is 1.92 bits per heavy atom. The lowest BCUT2D eigenvalue weighted by Crippen LogP contribution is -2.21. The Bertz CT molecular complexity index is 851. The second-order valence-electron chi connectivity index (χ2n) is 5.74. The van der Waals surface area contributed by atoms with Crippen molar-refractivity contribution in [2.75, 3.05) is 0 Å². The molecule has 2 heterocycles. The van der Waals surface area contributed by atoms with E-state index in [0.717, 1.165) is 10.4 Å². The summed E-state index contributed by atoms with van der Waals surface area (Å²) in [5.74, 6) is 1.32. The highest BCUT2D eigenvalue weighted by molar-refractivity contribution is 7.83. The van der Waals surface area contributed by atoms with Crippen molar-refractivity contribution in [1.82, 2.24) is 5.32 Å². The van der Waals surface area contributed by atoms with Gasteiger partial charge < -0.3 is 9.73 Å². The maximum atomic E-state index is 12.3. The highest BCUT2D eigenvalue weighted by Gasteiger charge is 2.13. The second kappa shape index (κ2) is 8.27. The molecule has 0 radical (unpaired) electrons. The lowest BCUT2D eigenvalue weighted by atomic mass is 10.2. The Hall–Kier alpha value is -2.18. The van der Waals surface area contributed by atoms with E-state index in [0.29, 0.717) is 23.8 Å². The van der Waals surface area contributed by atoms with Gasteiger partial charge in [0.25, 0.3) is 5.91 Å². The van der Waals surface area contributed by atoms with Gasteiger partial charge in [-0.15, -0.1) is 11.3 Å². The van der Waals surface area contributed by atoms with Crippen molar-refractivity contribution in [3.63, 3.8) is 0 Å². The minimum Gasteiger partial charge on any atom is -0.455 e. The van der Waals surface area contributed by atoms with Gasteiger partial charge in [0.05, 0.1) is 12.3 Å². The fraction of sp³-hybridized carbons (Fsp3) is 0.211. The molecule has 0 aliphatic heterocycles. The first-order valence-electron chi connectivity index (χ1n) is 7.90. The molecule has 1 atom stereocenters. The van der Waals surface area contributed by atoms with Crippen molar-refractivity contribution in [3.8, 4) is 0 Å². The number of nitrogens with one attached hydrogen (secondary N) is 1. The summed E-state index contributed by atoms with van der Waals surface area (Å²) in [5.41, 5.74) is 2.21. The number of aryl methyl sites for hydroxylation is 1. The molecule has 0 saturated heterocycles. The van der Waals surface area contributed by atoms with E-state index in [4.69, 9.17) is 4.42 Å². The summed E-state index contributed by atoms with van der Waals surface area (Å²) in [7, 11) is -1.08. The van der Waals surface area contributed by atoms with Gasteiger partial charge in [-0.1, -0.05) is 35.9 Å². The fourth-order valence-electron chi connectivity index (χ4n) is 2.33. The normalized spacial score (nSPS) is 12.0. The molecule has 0 unspecified atom stereocenters. The predicted molar refractivity (Wildman–Crippen MR) is 101 cm³/mol. The molecule has 0 saturated carbocycles. The molecular weight excluding hydrogens is 354 g/mol. The van der Waals surface area contributed by atoms with Crippen LogP contribution in [0.1, 0.15) is 32.3 Å². The maximum absolute atomic E-state index is 12.3. The Kier molecular flexibility index (Phi) is 5.83. The van der Waals surface area contributed by atoms with Gasteiger partial charge >= 0.3 is 0 Å². The van der Waals surface area contributed by atoms with Crippen molar-refractivity contribution < 1.29 is 13.4 Å². The molecule has 3 aromatic rings. The van der Waals surface area contributed by atoms with E-state index in [-0.39, 0.29) is 11.7 Å². The Morgan fingerprint density at radius 3 is 2.64 bits per heavy atom. The van der Waals surface area contributed by atoms with Crippen LogP contribution in [-0.2, 0) is 28.9 Å². The van der Waals surface area contributed by atoms with Crippen LogP contribution in [0.2, 0.25) is 0 Å². The molecule has 0 aliphatic carbocycles. The quantitative estimate of drug-likeness (QED) is 0.680. The van der Waals surface area contributed by atoms with Gasteiger partial charge in [-0.25, -0.2) is 0 Å². The van der Waals surface area contributed by atoms with E-state index in [1.807, 2.05) is 48.7 Å². The van der Waals surface area contributed by atoms with Crippen molar-refractivity contribution in [2.45, 2.75) is 25.0 Å². The van der Waals surface area contributed by atoms with E-state index in [2.05, 4.69) is 5.32 Å². The first kappa shape index (κ1) is 17.6. The third kappa shape index (κ3) is 5.14. The highest BCUT2D eigenvalue weighted by Crippen LogP contribution is 2.14. The summed E-state index contributed by atoms with van der Waals surface area (Å²) in [6.07, 6.45) is 0. The monoisotopic (exact) mass is 373 g/mol. The van der Waals surface area contributed by atoms with Crippen molar-refractivity contribution in [2.24, 2.45) is 0 Å². The van der Waals surface area contributed by atoms with Gasteiger partial charge in [-0.2, -0.15) is 0 Å². The minimum absolute atomic E-state index is 0.249. The molecule has 3 rings (SSSR count). The summed E-state index contributed by atoms with van der Waals surface area (Å²) in [4.78, 5) is 13.2. The number of carbonyl (C=O) groups is 1. The molecule has 0 aliphatic rings. The predicted octanol–water partition coefficient (Wildman–Crippen LogP) is 4.03. The number of thiophene rings is 1. The van der Waals surface area contributed by atoms with Crippen LogP contribution < -0.4 is 5.32 Å². The molecule has 4 nitrogen and oxygen atoms in total. The van der Waals surface area contributed by atoms with Crippen LogP contribution in [0.4, 0.5) is 0 Å². The van der Waals surface area contributed by atoms with Crippen LogP contribution in [0.25, 0.3) is 0 Å². The fourth-order valence-corrected chi connectivity index (χ4v) is 4.11. The van der Waals surface area contributed by atoms with Crippen molar-refractivity contribution >= 4 is 28.0 Å². The summed E-state index contributed by atoms with van der Waals surface area (Å²) < 4.78 is 17.8. The Balaban J connectivity index is 1.52. The highest BCUT2D eigenvalue weighted by atomic mass is 32.2. The average molecular weight is 373 g/mol. The third-order valence-corrected chi connectivity index (χ3v) is 5.78. The van der Waals surface area contributed by atoms with Gasteiger partial charge in [-0.05, 0) is 36.1 Å². The van der Waals surface area contributed by atoms with Crippen LogP contribution in [0.15, 0.2) is 58.3 Å². The molecule has 1 N–H and O–H groups in total. The van der Waals surface area contributed by atoms with Crippen LogP contribution in [0.5, 0.6) is 0 Å². The number of rotatable bonds is 7. The van der Waals surface area contributed by atoms with Gasteiger partial charge in [0.15, 0.2) is 5.76 Å². The maximum Gasteiger partial charge on any atom is 0.287 e. The Morgan fingerprint density at radius 1 is 1.12 bits per heavy atom. The van der Waals surface area contributed by atoms with Crippen molar-refractivity contribution in [1.29, 1.82) is 0 Å². The van der Waals surface area contributed by atoms with Crippen LogP contribution >= 0.6 is 11.3 Å². The smallest absolute Gasteiger partial charge is 0.287 e. The van der Waals surface area contributed by atoms with Gasteiger partial charge in [0, 0.05) is 21.4 Å². The zero-order valence-corrected chi connectivity index (χ0v) is 15.5. The zero-order chi connectivity index (χ0) is 17.6. The number of hydrogen-bond donors (Lipinski definition) is 1. The number of hydrogen-bond acceptors (Lipinski definition) is 4. The van der Waals surface area contributed by atoms with E-state index in [9.17, 15) is 9.00 Å². The number of furan rings is 1. The van der Waals surface area contributed by atoms with Crippen LogP contribution in [0.3, 0.4) is 0 Å². The molecule has 0 spiro atoms. The number of carbonyl (C=O) groups excluding carboxylic acids is 1. The molecule has 130 valence electrons. The van der Waals surface area contributed by atoms with Crippen LogP contribution in [-0.4, -0.2) is 10.1 Å². The van der Waals surface area contributed by atoms with Crippen LogP contribution in [0, 0.1) is 6.92 Å². The topological polar surface area (TPSA) is 59.3 Å². The first-order chi connectivity index (χ1) is 12.1. The minimum atomic E-state index is -1.08. The molecule has 2 aromatic heterocycles. The van der Waals surface area contributed by atoms with Gasteiger partial charge in [0.2, 0.25) is 0 Å². The Labute approximate surface area is 153 Å². The van der Waals surface area contributed by atoms with E-state index in [1.165, 1.54) is 5.56 Å². The summed E-state index contributed by atoms with van der Waals surface area (Å²) in [6, 6.07) is 15.2. The lowest BCUT2D eigenvalue weighted by Gasteiger charge is -2.02. The molecular formula is C19H19NO3S2. The largest absolute Gasteiger partial charge is 0.455 e. The standard InChI is InChI=1S/C19H19NO3S2/c1-14-4-6-15(7-5-14)12-25(22)13-16-8-9-18(23-16)19(21)20-11-17-3-2-10-24-17/h2-10H,11-13H2,1H3,(H,20,21)/t25-/m0/s1. The molecule has 0 fully saturated rings. The molecule has 6 heteroatoms. The number of benzene rings is 1.